The highest BCUT2D eigenvalue weighted by atomic mass is 16.6. The third-order valence-electron chi connectivity index (χ3n) is 14.8. The first-order chi connectivity index (χ1) is 43.3. The summed E-state index contributed by atoms with van der Waals surface area (Å²) in [6, 6.07) is 81.9. The third-order valence-corrected chi connectivity index (χ3v) is 14.8. The van der Waals surface area contributed by atoms with Crippen molar-refractivity contribution in [3.05, 3.63) is 322 Å². The first kappa shape index (κ1) is 61.6. The van der Waals surface area contributed by atoms with Gasteiger partial charge >= 0.3 is 12.2 Å². The number of rotatable bonds is 26. The van der Waals surface area contributed by atoms with Gasteiger partial charge in [-0.25, -0.2) is 14.6 Å². The number of alkyl carbamates (subject to hydrolysis) is 2. The highest BCUT2D eigenvalue weighted by molar-refractivity contribution is 6.01. The van der Waals surface area contributed by atoms with E-state index >= 15 is 0 Å². The van der Waals surface area contributed by atoms with E-state index in [-0.39, 0.29) is 38.9 Å². The largest absolute Gasteiger partial charge is 0.489 e. The zero-order chi connectivity index (χ0) is 60.4. The Labute approximate surface area is 515 Å². The number of aryl methyl sites for hydroxylation is 1. The van der Waals surface area contributed by atoms with Crippen molar-refractivity contribution < 1.29 is 47.5 Å². The van der Waals surface area contributed by atoms with Crippen LogP contribution < -0.4 is 15.4 Å². The van der Waals surface area contributed by atoms with Crippen molar-refractivity contribution in [3.8, 4) is 5.75 Å². The van der Waals surface area contributed by atoms with E-state index < -0.39 is 42.7 Å². The van der Waals surface area contributed by atoms with Crippen molar-refractivity contribution in [3.63, 3.8) is 0 Å². The molecule has 1 aliphatic rings. The number of nitrogens with zero attached hydrogens (tertiary/aromatic N) is 1. The Hall–Kier alpha value is -9.47. The Morgan fingerprint density at radius 2 is 0.886 bits per heavy atom. The Morgan fingerprint density at radius 3 is 1.36 bits per heavy atom. The van der Waals surface area contributed by atoms with Crippen molar-refractivity contribution in [2.24, 2.45) is 4.99 Å². The number of aliphatic imine (C=N–C) groups is 1. The lowest BCUT2D eigenvalue weighted by atomic mass is 9.87. The lowest BCUT2D eigenvalue weighted by molar-refractivity contribution is -0.275. The highest BCUT2D eigenvalue weighted by Crippen LogP contribution is 2.43. The Bertz CT molecular complexity index is 3540. The molecule has 0 aliphatic carbocycles. The standard InChI is InChI=1S/C75H73N3O10/c1-55-44-67(82-48-59-26-11-3-12-27-59)66(46-65(55)45-57-41-39-56(40-42-57)38-23-43-76-73(77-74(79)86-52-63-34-19-7-20-35-63)78-75(80)87-53-64-36-21-8-22-37-64)69-71(84-50-61-30-15-5-16-31-61)72(85-51-62-32-17-6-18-33-62)70(83-49-60-28-13-4-14-29-60)68(88-69)54-81-47-58-24-9-2-10-25-58/h2-42,44,46,68-72H,43,45,47-54H2,1H3,(H2,76,77,78,79,80)/b38-23+/t68-,69+,70-,71+,72+/m1/s1. The van der Waals surface area contributed by atoms with Crippen LogP contribution in [-0.2, 0) is 85.8 Å². The molecule has 2 amide bonds. The van der Waals surface area contributed by atoms with Crippen LogP contribution in [0.15, 0.2) is 260 Å². The molecule has 0 unspecified atom stereocenters. The highest BCUT2D eigenvalue weighted by Gasteiger charge is 2.50. The molecule has 0 spiro atoms. The molecule has 0 aromatic heterocycles. The Morgan fingerprint density at radius 1 is 0.466 bits per heavy atom. The maximum absolute atomic E-state index is 12.9. The molecule has 1 heterocycles. The smallest absolute Gasteiger partial charge is 0.414 e. The van der Waals surface area contributed by atoms with E-state index in [1.54, 1.807) is 0 Å². The molecule has 448 valence electrons. The third kappa shape index (κ3) is 19.0. The lowest BCUT2D eigenvalue weighted by Crippen LogP contribution is -2.58. The van der Waals surface area contributed by atoms with E-state index in [1.807, 2.05) is 176 Å². The molecule has 0 bridgehead atoms. The number of benzene rings is 9. The molecule has 88 heavy (non-hydrogen) atoms. The molecule has 0 radical (unpaired) electrons. The topological polar surface area (TPSA) is 144 Å². The van der Waals surface area contributed by atoms with Gasteiger partial charge in [-0.05, 0) is 86.7 Å². The van der Waals surface area contributed by atoms with Gasteiger partial charge in [0.15, 0.2) is 0 Å². The molecule has 1 aliphatic heterocycles. The minimum absolute atomic E-state index is 0.0345. The van der Waals surface area contributed by atoms with Crippen molar-refractivity contribution in [1.82, 2.24) is 10.6 Å². The van der Waals surface area contributed by atoms with Crippen LogP contribution in [0.3, 0.4) is 0 Å². The van der Waals surface area contributed by atoms with Crippen molar-refractivity contribution >= 4 is 24.2 Å². The van der Waals surface area contributed by atoms with Crippen molar-refractivity contribution in [2.45, 2.75) is 90.1 Å². The number of hydrogen-bond acceptors (Lipinski definition) is 11. The minimum Gasteiger partial charge on any atom is -0.489 e. The van der Waals surface area contributed by atoms with Crippen LogP contribution in [0.5, 0.6) is 5.75 Å². The van der Waals surface area contributed by atoms with Gasteiger partial charge in [0.05, 0.1) is 39.6 Å². The second-order valence-electron chi connectivity index (χ2n) is 21.4. The number of carbonyl (C=O) groups excluding carboxylic acids is 2. The first-order valence-corrected chi connectivity index (χ1v) is 29.6. The van der Waals surface area contributed by atoms with Gasteiger partial charge in [-0.1, -0.05) is 249 Å². The van der Waals surface area contributed by atoms with Crippen molar-refractivity contribution in [2.75, 3.05) is 13.2 Å². The van der Waals surface area contributed by atoms with Gasteiger partial charge in [0, 0.05) is 5.56 Å². The van der Waals surface area contributed by atoms with Crippen LogP contribution in [0, 0.1) is 6.92 Å². The van der Waals surface area contributed by atoms with Crippen LogP contribution in [0.1, 0.15) is 72.9 Å². The molecule has 5 atom stereocenters. The van der Waals surface area contributed by atoms with E-state index in [1.165, 1.54) is 0 Å². The number of nitrogens with one attached hydrogen (secondary N) is 2. The maximum Gasteiger partial charge on any atom is 0.414 e. The summed E-state index contributed by atoms with van der Waals surface area (Å²) in [5.74, 6) is 0.552. The molecule has 1 saturated heterocycles. The zero-order valence-corrected chi connectivity index (χ0v) is 49.3. The Balaban J connectivity index is 0.935. The SMILES string of the molecule is Cc1cc(OCc2ccccc2)c([C@@H]2O[C@H](COCc3ccccc3)[C@@H](OCc3ccccc3)[C@H](OCc3ccccc3)[C@H]2OCc2ccccc2)cc1Cc1ccc(/C=C/CN=C(NC(=O)OCc2ccccc2)NC(=O)OCc2ccccc2)cc1. The average molecular weight is 1180 g/mol. The van der Waals surface area contributed by atoms with Gasteiger partial charge in [0.2, 0.25) is 5.96 Å². The molecular formula is C75H73N3O10. The minimum atomic E-state index is -0.784. The maximum atomic E-state index is 12.9. The van der Waals surface area contributed by atoms with E-state index in [0.29, 0.717) is 38.6 Å². The van der Waals surface area contributed by atoms with E-state index in [4.69, 9.17) is 37.9 Å². The Kier molecular flexibility index (Phi) is 23.0. The molecule has 13 nitrogen and oxygen atoms in total. The van der Waals surface area contributed by atoms with Gasteiger partial charge < -0.3 is 37.9 Å². The summed E-state index contributed by atoms with van der Waals surface area (Å²) in [7, 11) is 0. The van der Waals surface area contributed by atoms with Crippen molar-refractivity contribution in [1.29, 1.82) is 0 Å². The van der Waals surface area contributed by atoms with Crippen LogP contribution in [0.2, 0.25) is 0 Å². The van der Waals surface area contributed by atoms with Gasteiger partial charge in [-0.2, -0.15) is 0 Å². The molecule has 13 heteroatoms. The number of ether oxygens (including phenoxy) is 8. The first-order valence-electron chi connectivity index (χ1n) is 29.6. The van der Waals surface area contributed by atoms with E-state index in [0.717, 1.165) is 66.8 Å². The fourth-order valence-electron chi connectivity index (χ4n) is 10.2. The summed E-state index contributed by atoms with van der Waals surface area (Å²) in [6.07, 6.45) is -0.544. The number of hydrogen-bond donors (Lipinski definition) is 2. The second kappa shape index (κ2) is 32.9. The monoisotopic (exact) mass is 1180 g/mol. The summed E-state index contributed by atoms with van der Waals surface area (Å²) >= 11 is 0. The van der Waals surface area contributed by atoms with Gasteiger partial charge in [0.25, 0.3) is 0 Å². The quantitative estimate of drug-likeness (QED) is 0.0397. The normalized spacial score (nSPS) is 16.3. The van der Waals surface area contributed by atoms with Gasteiger partial charge in [-0.3, -0.25) is 10.6 Å². The van der Waals surface area contributed by atoms with E-state index in [2.05, 4.69) is 107 Å². The predicted octanol–water partition coefficient (Wildman–Crippen LogP) is 14.8. The van der Waals surface area contributed by atoms with Crippen LogP contribution >= 0.6 is 0 Å². The summed E-state index contributed by atoms with van der Waals surface area (Å²) in [6.45, 7) is 4.10. The lowest BCUT2D eigenvalue weighted by Gasteiger charge is -2.46. The molecule has 9 aromatic rings. The number of amides is 2. The predicted molar refractivity (Wildman–Crippen MR) is 341 cm³/mol. The van der Waals surface area contributed by atoms with Gasteiger partial charge in [-0.15, -0.1) is 0 Å². The molecule has 2 N–H and O–H groups in total. The zero-order valence-electron chi connectivity index (χ0n) is 49.3. The van der Waals surface area contributed by atoms with E-state index in [9.17, 15) is 9.59 Å². The molecule has 0 saturated carbocycles. The molecular weight excluding hydrogens is 1100 g/mol. The van der Waals surface area contributed by atoms with Crippen LogP contribution in [0.25, 0.3) is 6.08 Å². The summed E-state index contributed by atoms with van der Waals surface area (Å²) in [5.41, 5.74) is 11.6. The summed E-state index contributed by atoms with van der Waals surface area (Å²) in [4.78, 5) is 30.3. The van der Waals surface area contributed by atoms with Gasteiger partial charge in [0.1, 0.15) is 56.1 Å². The fourth-order valence-corrected chi connectivity index (χ4v) is 10.2. The summed E-state index contributed by atoms with van der Waals surface area (Å²) < 4.78 is 53.3. The second-order valence-corrected chi connectivity index (χ2v) is 21.4. The van der Waals surface area contributed by atoms with Crippen LogP contribution in [-0.4, -0.2) is 55.7 Å². The summed E-state index contributed by atoms with van der Waals surface area (Å²) in [5, 5.41) is 5.11. The fraction of sp³-hybridized carbons (Fsp3) is 0.213. The molecule has 10 rings (SSSR count). The molecule has 9 aromatic carbocycles. The average Bonchev–Trinajstić information content (AvgIpc) is 1.17. The number of guanidine groups is 1. The molecule has 1 fully saturated rings. The van der Waals surface area contributed by atoms with Crippen LogP contribution in [0.4, 0.5) is 9.59 Å². The number of carbonyl (C=O) groups is 2.